The molecule has 0 aromatic heterocycles. The molecule has 1 rings (SSSR count). The van der Waals surface area contributed by atoms with E-state index in [4.69, 9.17) is 10.8 Å². The zero-order valence-electron chi connectivity index (χ0n) is 14.2. The van der Waals surface area contributed by atoms with Gasteiger partial charge in [0.05, 0.1) is 0 Å². The molecule has 0 heterocycles. The van der Waals surface area contributed by atoms with E-state index in [-0.39, 0.29) is 6.54 Å². The highest BCUT2D eigenvalue weighted by molar-refractivity contribution is 6.08. The summed E-state index contributed by atoms with van der Waals surface area (Å²) in [7, 11) is 0. The molecular formula is C18H26N2O4. The van der Waals surface area contributed by atoms with Crippen LogP contribution in [0.5, 0.6) is 0 Å². The Morgan fingerprint density at radius 2 is 1.58 bits per heavy atom. The van der Waals surface area contributed by atoms with Crippen LogP contribution >= 0.6 is 0 Å². The number of anilines is 1. The fraction of sp³-hybridized carbons (Fsp3) is 0.500. The minimum Gasteiger partial charge on any atom is -0.481 e. The van der Waals surface area contributed by atoms with Gasteiger partial charge in [0.2, 0.25) is 5.91 Å². The Morgan fingerprint density at radius 3 is 2.17 bits per heavy atom. The molecule has 0 fully saturated rings. The Morgan fingerprint density at radius 1 is 1.00 bits per heavy atom. The van der Waals surface area contributed by atoms with E-state index in [9.17, 15) is 14.4 Å². The van der Waals surface area contributed by atoms with Gasteiger partial charge >= 0.3 is 5.97 Å². The number of amides is 2. The minimum atomic E-state index is -1.24. The predicted molar refractivity (Wildman–Crippen MR) is 92.5 cm³/mol. The molecule has 0 atom stereocenters. The first-order valence-electron chi connectivity index (χ1n) is 8.37. The summed E-state index contributed by atoms with van der Waals surface area (Å²) in [6.07, 6.45) is 5.40. The molecule has 1 aromatic carbocycles. The molecule has 6 heteroatoms. The topological polar surface area (TPSA) is 101 Å². The number of unbranched alkanes of at least 4 members (excludes halogenated alkanes) is 5. The van der Waals surface area contributed by atoms with Crippen molar-refractivity contribution in [2.75, 3.05) is 12.3 Å². The Hall–Kier alpha value is -2.37. The number of rotatable bonds is 10. The molecule has 0 aliphatic rings. The smallest absolute Gasteiger partial charge is 0.312 e. The van der Waals surface area contributed by atoms with Crippen LogP contribution in [0.3, 0.4) is 0 Å². The number of aliphatic carboxylic acids is 1. The lowest BCUT2D eigenvalue weighted by Crippen LogP contribution is -2.38. The number of hydrogen-bond donors (Lipinski definition) is 2. The van der Waals surface area contributed by atoms with Gasteiger partial charge in [-0.3, -0.25) is 19.3 Å². The zero-order valence-corrected chi connectivity index (χ0v) is 14.2. The lowest BCUT2D eigenvalue weighted by atomic mass is 10.1. The summed E-state index contributed by atoms with van der Waals surface area (Å²) in [5.41, 5.74) is 6.44. The number of carbonyl (C=O) groups is 3. The van der Waals surface area contributed by atoms with Crippen molar-refractivity contribution in [2.45, 2.75) is 51.9 Å². The van der Waals surface area contributed by atoms with Gasteiger partial charge in [-0.25, -0.2) is 0 Å². The fourth-order valence-electron chi connectivity index (χ4n) is 2.40. The van der Waals surface area contributed by atoms with E-state index in [1.165, 1.54) is 6.42 Å². The molecule has 0 saturated heterocycles. The van der Waals surface area contributed by atoms with Gasteiger partial charge < -0.3 is 10.8 Å². The van der Waals surface area contributed by atoms with Gasteiger partial charge in [-0.05, 0) is 30.7 Å². The number of carbonyl (C=O) groups excluding carboxylic acids is 2. The van der Waals surface area contributed by atoms with Crippen molar-refractivity contribution in [2.24, 2.45) is 0 Å². The molecule has 0 unspecified atom stereocenters. The summed E-state index contributed by atoms with van der Waals surface area (Å²) in [5.74, 6) is -2.40. The van der Waals surface area contributed by atoms with Gasteiger partial charge in [0.25, 0.3) is 5.91 Å². The molecule has 2 amide bonds. The average Bonchev–Trinajstić information content (AvgIpc) is 2.53. The summed E-state index contributed by atoms with van der Waals surface area (Å²) in [6.45, 7) is 2.37. The van der Waals surface area contributed by atoms with E-state index < -0.39 is 24.2 Å². The van der Waals surface area contributed by atoms with E-state index in [1.54, 1.807) is 24.3 Å². The zero-order chi connectivity index (χ0) is 17.9. The van der Waals surface area contributed by atoms with Crippen LogP contribution in [0.15, 0.2) is 24.3 Å². The lowest BCUT2D eigenvalue weighted by molar-refractivity contribution is -0.143. The molecule has 0 bridgehead atoms. The summed E-state index contributed by atoms with van der Waals surface area (Å²) >= 11 is 0. The van der Waals surface area contributed by atoms with E-state index in [2.05, 4.69) is 6.92 Å². The maximum absolute atomic E-state index is 12.5. The number of benzene rings is 1. The predicted octanol–water partition coefficient (Wildman–Crippen LogP) is 3.07. The third-order valence-corrected chi connectivity index (χ3v) is 3.74. The van der Waals surface area contributed by atoms with Gasteiger partial charge in [-0.1, -0.05) is 39.0 Å². The maximum Gasteiger partial charge on any atom is 0.312 e. The first-order valence-corrected chi connectivity index (χ1v) is 8.37. The monoisotopic (exact) mass is 334 g/mol. The fourth-order valence-corrected chi connectivity index (χ4v) is 2.40. The maximum atomic E-state index is 12.5. The molecule has 0 aliphatic carbocycles. The van der Waals surface area contributed by atoms with Gasteiger partial charge in [-0.15, -0.1) is 0 Å². The normalized spacial score (nSPS) is 10.4. The second kappa shape index (κ2) is 10.4. The summed E-state index contributed by atoms with van der Waals surface area (Å²) in [5, 5.41) is 8.81. The van der Waals surface area contributed by atoms with Crippen molar-refractivity contribution in [3.63, 3.8) is 0 Å². The molecule has 1 aromatic rings. The van der Waals surface area contributed by atoms with Gasteiger partial charge in [-0.2, -0.15) is 0 Å². The Bertz CT molecular complexity index is 555. The van der Waals surface area contributed by atoms with E-state index >= 15 is 0 Å². The number of nitrogens with two attached hydrogens (primary N) is 1. The van der Waals surface area contributed by atoms with Crippen molar-refractivity contribution < 1.29 is 19.5 Å². The molecule has 0 spiro atoms. The molecule has 132 valence electrons. The van der Waals surface area contributed by atoms with Crippen LogP contribution in [0.4, 0.5) is 5.69 Å². The minimum absolute atomic E-state index is 0.238. The molecule has 24 heavy (non-hydrogen) atoms. The lowest BCUT2D eigenvalue weighted by Gasteiger charge is -2.20. The van der Waals surface area contributed by atoms with Crippen LogP contribution < -0.4 is 5.73 Å². The highest BCUT2D eigenvalue weighted by Crippen LogP contribution is 2.12. The Kier molecular flexibility index (Phi) is 8.54. The van der Waals surface area contributed by atoms with E-state index in [1.807, 2.05) is 0 Å². The van der Waals surface area contributed by atoms with Gasteiger partial charge in [0.15, 0.2) is 0 Å². The summed E-state index contributed by atoms with van der Waals surface area (Å²) in [4.78, 5) is 36.4. The van der Waals surface area contributed by atoms with Gasteiger partial charge in [0, 0.05) is 17.8 Å². The van der Waals surface area contributed by atoms with E-state index in [0.29, 0.717) is 17.7 Å². The Labute approximate surface area is 142 Å². The number of hydrogen-bond acceptors (Lipinski definition) is 4. The van der Waals surface area contributed by atoms with Gasteiger partial charge in [0.1, 0.15) is 6.42 Å². The summed E-state index contributed by atoms with van der Waals surface area (Å²) < 4.78 is 0. The molecule has 6 nitrogen and oxygen atoms in total. The highest BCUT2D eigenvalue weighted by atomic mass is 16.4. The first-order chi connectivity index (χ1) is 11.5. The standard InChI is InChI=1S/C18H26N2O4/c1-2-3-4-5-6-7-12-20(16(21)13-17(22)23)18(24)14-8-10-15(19)11-9-14/h8-11H,2-7,12-13,19H2,1H3,(H,22,23). The van der Waals surface area contributed by atoms with Crippen LogP contribution in [0.1, 0.15) is 62.2 Å². The van der Waals surface area contributed by atoms with Crippen molar-refractivity contribution >= 4 is 23.5 Å². The SMILES string of the molecule is CCCCCCCCN(C(=O)CC(=O)O)C(=O)c1ccc(N)cc1. The molecule has 3 N–H and O–H groups in total. The third-order valence-electron chi connectivity index (χ3n) is 3.74. The van der Waals surface area contributed by atoms with Crippen LogP contribution in [-0.2, 0) is 9.59 Å². The number of carboxylic acids is 1. The average molecular weight is 334 g/mol. The van der Waals surface area contributed by atoms with Crippen LogP contribution in [0.2, 0.25) is 0 Å². The summed E-state index contributed by atoms with van der Waals surface area (Å²) in [6, 6.07) is 6.25. The second-order valence-electron chi connectivity index (χ2n) is 5.81. The molecule has 0 aliphatic heterocycles. The quantitative estimate of drug-likeness (QED) is 0.389. The number of nitrogen functional groups attached to an aromatic ring is 1. The highest BCUT2D eigenvalue weighted by Gasteiger charge is 2.24. The van der Waals surface area contributed by atoms with Crippen LogP contribution in [0, 0.1) is 0 Å². The van der Waals surface area contributed by atoms with Crippen molar-refractivity contribution in [1.82, 2.24) is 4.90 Å². The van der Waals surface area contributed by atoms with Crippen molar-refractivity contribution in [3.05, 3.63) is 29.8 Å². The number of nitrogens with zero attached hydrogens (tertiary/aromatic N) is 1. The van der Waals surface area contributed by atoms with Crippen LogP contribution in [-0.4, -0.2) is 34.3 Å². The largest absolute Gasteiger partial charge is 0.481 e. The third kappa shape index (κ3) is 6.81. The van der Waals surface area contributed by atoms with Crippen molar-refractivity contribution in [1.29, 1.82) is 0 Å². The molecule has 0 radical (unpaired) electrons. The first kappa shape index (κ1) is 19.7. The molecule has 0 saturated carbocycles. The second-order valence-corrected chi connectivity index (χ2v) is 5.81. The van der Waals surface area contributed by atoms with E-state index in [0.717, 1.165) is 30.6 Å². The molecular weight excluding hydrogens is 308 g/mol. The van der Waals surface area contributed by atoms with Crippen LogP contribution in [0.25, 0.3) is 0 Å². The number of imide groups is 1. The Balaban J connectivity index is 2.69. The number of carboxylic acid groups (broad SMARTS) is 1. The van der Waals surface area contributed by atoms with Crippen molar-refractivity contribution in [3.8, 4) is 0 Å².